The standard InChI is InChI=1S/C24H31N3O3S/c1-25-17-18-26(19-21-7-3-4-8-23(21)25)24(28)14-11-20-9-12-22(13-10-20)31(29,30)27-15-5-2-6-16-27/h3-4,7-10,12-13H,2,5-6,11,14-19H2,1H3. The second kappa shape index (κ2) is 9.40. The van der Waals surface area contributed by atoms with Crippen LogP contribution < -0.4 is 4.90 Å². The van der Waals surface area contributed by atoms with Crippen LogP contribution in [0.5, 0.6) is 0 Å². The molecule has 2 heterocycles. The lowest BCUT2D eigenvalue weighted by Crippen LogP contribution is -2.35. The number of rotatable bonds is 5. The zero-order chi connectivity index (χ0) is 21.8. The maximum Gasteiger partial charge on any atom is 0.243 e. The van der Waals surface area contributed by atoms with E-state index >= 15 is 0 Å². The molecule has 1 saturated heterocycles. The lowest BCUT2D eigenvalue weighted by Gasteiger charge is -2.25. The van der Waals surface area contributed by atoms with E-state index in [1.165, 1.54) is 11.3 Å². The molecule has 4 rings (SSSR count). The molecule has 6 nitrogen and oxygen atoms in total. The predicted octanol–water partition coefficient (Wildman–Crippen LogP) is 3.27. The number of benzene rings is 2. The summed E-state index contributed by atoms with van der Waals surface area (Å²) in [6.07, 6.45) is 3.98. The fraction of sp³-hybridized carbons (Fsp3) is 0.458. The van der Waals surface area contributed by atoms with E-state index in [0.717, 1.165) is 31.4 Å². The zero-order valence-corrected chi connectivity index (χ0v) is 19.0. The number of carbonyl (C=O) groups is 1. The summed E-state index contributed by atoms with van der Waals surface area (Å²) >= 11 is 0. The Morgan fingerprint density at radius 3 is 2.35 bits per heavy atom. The molecular weight excluding hydrogens is 410 g/mol. The van der Waals surface area contributed by atoms with Crippen LogP contribution in [0.4, 0.5) is 5.69 Å². The van der Waals surface area contributed by atoms with Gasteiger partial charge in [0.1, 0.15) is 0 Å². The van der Waals surface area contributed by atoms with Gasteiger partial charge in [-0.05, 0) is 48.6 Å². The molecular formula is C24H31N3O3S. The number of piperidine rings is 1. The van der Waals surface area contributed by atoms with Gasteiger partial charge in [0.05, 0.1) is 4.90 Å². The zero-order valence-electron chi connectivity index (χ0n) is 18.2. The van der Waals surface area contributed by atoms with Gasteiger partial charge < -0.3 is 9.80 Å². The van der Waals surface area contributed by atoms with Crippen molar-refractivity contribution in [3.63, 3.8) is 0 Å². The highest BCUT2D eigenvalue weighted by molar-refractivity contribution is 7.89. The molecule has 0 radical (unpaired) electrons. The Labute approximate surface area is 185 Å². The lowest BCUT2D eigenvalue weighted by molar-refractivity contribution is -0.131. The molecule has 0 spiro atoms. The Hall–Kier alpha value is -2.38. The highest BCUT2D eigenvalue weighted by Crippen LogP contribution is 2.24. The summed E-state index contributed by atoms with van der Waals surface area (Å²) in [5, 5.41) is 0. The number of aryl methyl sites for hydroxylation is 1. The average Bonchev–Trinajstić information content (AvgIpc) is 2.97. The van der Waals surface area contributed by atoms with Crippen LogP contribution in [0.2, 0.25) is 0 Å². The van der Waals surface area contributed by atoms with E-state index in [1.807, 2.05) is 29.2 Å². The Balaban J connectivity index is 1.36. The van der Waals surface area contributed by atoms with Crippen molar-refractivity contribution in [2.24, 2.45) is 0 Å². The van der Waals surface area contributed by atoms with E-state index < -0.39 is 10.0 Å². The summed E-state index contributed by atoms with van der Waals surface area (Å²) in [6.45, 7) is 3.36. The van der Waals surface area contributed by atoms with Gasteiger partial charge in [0, 0.05) is 51.9 Å². The number of anilines is 1. The van der Waals surface area contributed by atoms with Crippen molar-refractivity contribution in [3.8, 4) is 0 Å². The second-order valence-corrected chi connectivity index (χ2v) is 10.4. The number of sulfonamides is 1. The third kappa shape index (κ3) is 4.93. The average molecular weight is 442 g/mol. The topological polar surface area (TPSA) is 60.9 Å². The van der Waals surface area contributed by atoms with E-state index in [-0.39, 0.29) is 5.91 Å². The van der Waals surface area contributed by atoms with Crippen LogP contribution in [0.3, 0.4) is 0 Å². The van der Waals surface area contributed by atoms with Gasteiger partial charge in [-0.15, -0.1) is 0 Å². The van der Waals surface area contributed by atoms with Crippen LogP contribution >= 0.6 is 0 Å². The van der Waals surface area contributed by atoms with Gasteiger partial charge in [0.2, 0.25) is 15.9 Å². The third-order valence-electron chi connectivity index (χ3n) is 6.33. The first-order chi connectivity index (χ1) is 14.9. The van der Waals surface area contributed by atoms with Crippen LogP contribution in [-0.2, 0) is 27.8 Å². The highest BCUT2D eigenvalue weighted by atomic mass is 32.2. The Morgan fingerprint density at radius 1 is 0.903 bits per heavy atom. The fourth-order valence-electron chi connectivity index (χ4n) is 4.40. The highest BCUT2D eigenvalue weighted by Gasteiger charge is 2.26. The molecule has 7 heteroatoms. The van der Waals surface area contributed by atoms with Crippen molar-refractivity contribution in [2.75, 3.05) is 38.1 Å². The van der Waals surface area contributed by atoms with Crippen molar-refractivity contribution in [1.82, 2.24) is 9.21 Å². The summed E-state index contributed by atoms with van der Waals surface area (Å²) in [4.78, 5) is 17.3. The quantitative estimate of drug-likeness (QED) is 0.715. The molecule has 0 aliphatic carbocycles. The van der Waals surface area contributed by atoms with Gasteiger partial charge in [-0.2, -0.15) is 4.31 Å². The molecule has 1 amide bonds. The van der Waals surface area contributed by atoms with E-state index in [2.05, 4.69) is 24.1 Å². The Bertz CT molecular complexity index is 1010. The number of carbonyl (C=O) groups excluding carboxylic acids is 1. The minimum atomic E-state index is -3.41. The molecule has 0 N–H and O–H groups in total. The number of likely N-dealkylation sites (N-methyl/N-ethyl adjacent to an activating group) is 1. The van der Waals surface area contributed by atoms with E-state index in [1.54, 1.807) is 16.4 Å². The number of nitrogens with zero attached hydrogens (tertiary/aromatic N) is 3. The van der Waals surface area contributed by atoms with E-state index in [0.29, 0.717) is 43.9 Å². The van der Waals surface area contributed by atoms with Crippen LogP contribution in [0.25, 0.3) is 0 Å². The molecule has 2 aliphatic rings. The molecule has 0 aromatic heterocycles. The van der Waals surface area contributed by atoms with E-state index in [9.17, 15) is 13.2 Å². The monoisotopic (exact) mass is 441 g/mol. The molecule has 2 aromatic carbocycles. The Kier molecular flexibility index (Phi) is 6.62. The molecule has 0 unspecified atom stereocenters. The molecule has 31 heavy (non-hydrogen) atoms. The van der Waals surface area contributed by atoms with Gasteiger partial charge in [0.25, 0.3) is 0 Å². The largest absolute Gasteiger partial charge is 0.373 e. The van der Waals surface area contributed by atoms with Crippen molar-refractivity contribution in [1.29, 1.82) is 0 Å². The number of para-hydroxylation sites is 1. The molecule has 0 bridgehead atoms. The molecule has 1 fully saturated rings. The lowest BCUT2D eigenvalue weighted by atomic mass is 10.1. The van der Waals surface area contributed by atoms with Crippen LogP contribution in [0.15, 0.2) is 53.4 Å². The van der Waals surface area contributed by atoms with Crippen molar-refractivity contribution < 1.29 is 13.2 Å². The molecule has 2 aromatic rings. The molecule has 2 aliphatic heterocycles. The number of hydrogen-bond donors (Lipinski definition) is 0. The van der Waals surface area contributed by atoms with Crippen molar-refractivity contribution in [3.05, 3.63) is 59.7 Å². The maximum atomic E-state index is 12.9. The first kappa shape index (κ1) is 21.8. The molecule has 0 atom stereocenters. The van der Waals surface area contributed by atoms with Gasteiger partial charge >= 0.3 is 0 Å². The summed E-state index contributed by atoms with van der Waals surface area (Å²) in [5.41, 5.74) is 3.34. The number of hydrogen-bond acceptors (Lipinski definition) is 4. The smallest absolute Gasteiger partial charge is 0.243 e. The first-order valence-electron chi connectivity index (χ1n) is 11.1. The van der Waals surface area contributed by atoms with Gasteiger partial charge in [-0.25, -0.2) is 8.42 Å². The SMILES string of the molecule is CN1CCN(C(=O)CCc2ccc(S(=O)(=O)N3CCCCC3)cc2)Cc2ccccc21. The summed E-state index contributed by atoms with van der Waals surface area (Å²) in [5.74, 6) is 0.134. The fourth-order valence-corrected chi connectivity index (χ4v) is 5.91. The van der Waals surface area contributed by atoms with Crippen LogP contribution in [0, 0.1) is 0 Å². The third-order valence-corrected chi connectivity index (χ3v) is 8.24. The first-order valence-corrected chi connectivity index (χ1v) is 12.5. The molecule has 166 valence electrons. The van der Waals surface area contributed by atoms with Gasteiger partial charge in [-0.1, -0.05) is 36.8 Å². The maximum absolute atomic E-state index is 12.9. The van der Waals surface area contributed by atoms with Crippen LogP contribution in [0.1, 0.15) is 36.8 Å². The van der Waals surface area contributed by atoms with E-state index in [4.69, 9.17) is 0 Å². The Morgan fingerprint density at radius 2 is 1.61 bits per heavy atom. The van der Waals surface area contributed by atoms with Gasteiger partial charge in [-0.3, -0.25) is 4.79 Å². The van der Waals surface area contributed by atoms with Crippen LogP contribution in [-0.4, -0.2) is 56.8 Å². The number of fused-ring (bicyclic) bond motifs is 1. The summed E-state index contributed by atoms with van der Waals surface area (Å²) in [7, 11) is -1.35. The predicted molar refractivity (Wildman–Crippen MR) is 123 cm³/mol. The normalized spacial score (nSPS) is 17.8. The van der Waals surface area contributed by atoms with Crippen molar-refractivity contribution in [2.45, 2.75) is 43.5 Å². The molecule has 0 saturated carbocycles. The summed E-state index contributed by atoms with van der Waals surface area (Å²) in [6, 6.07) is 15.3. The minimum Gasteiger partial charge on any atom is -0.373 e. The second-order valence-electron chi connectivity index (χ2n) is 8.47. The van der Waals surface area contributed by atoms with Gasteiger partial charge in [0.15, 0.2) is 0 Å². The van der Waals surface area contributed by atoms with Crippen molar-refractivity contribution >= 4 is 21.6 Å². The minimum absolute atomic E-state index is 0.134. The summed E-state index contributed by atoms with van der Waals surface area (Å²) < 4.78 is 27.2. The number of amides is 1.